The Morgan fingerprint density at radius 2 is 1.39 bits per heavy atom. The second kappa shape index (κ2) is 9.87. The van der Waals surface area contributed by atoms with Gasteiger partial charge in [-0.1, -0.05) is 65.9 Å². The largest absolute Gasteiger partial charge is 0.271 e. The lowest BCUT2D eigenvalue weighted by Crippen LogP contribution is -2.45. The molecule has 3 aliphatic rings. The first-order chi connectivity index (χ1) is 19.7. The van der Waals surface area contributed by atoms with Gasteiger partial charge in [0.25, 0.3) is 17.7 Å². The summed E-state index contributed by atoms with van der Waals surface area (Å²) < 4.78 is 70.1. The summed E-state index contributed by atoms with van der Waals surface area (Å²) in [5.74, 6) is -15.1. The zero-order valence-corrected chi connectivity index (χ0v) is 20.7. The maximum absolute atomic E-state index is 14.5. The lowest BCUT2D eigenvalue weighted by Gasteiger charge is -2.25. The van der Waals surface area contributed by atoms with Crippen LogP contribution in [0.25, 0.3) is 0 Å². The Kier molecular flexibility index (Phi) is 6.31. The monoisotopic (exact) mass is 568 g/mol. The number of anilines is 1. The fourth-order valence-electron chi connectivity index (χ4n) is 5.06. The molecule has 9 nitrogen and oxygen atoms in total. The van der Waals surface area contributed by atoms with E-state index in [1.54, 1.807) is 12.1 Å². The minimum absolute atomic E-state index is 0.143. The molecule has 0 saturated carbocycles. The molecule has 0 aliphatic carbocycles. The van der Waals surface area contributed by atoms with Gasteiger partial charge < -0.3 is 0 Å². The molecule has 0 radical (unpaired) electrons. The third-order valence-electron chi connectivity index (χ3n) is 7.02. The number of imide groups is 1. The average molecular weight is 568 g/mol. The first-order valence-corrected chi connectivity index (χ1v) is 12.3. The smallest absolute Gasteiger partial charge is 0.264 e. The highest BCUT2D eigenvalue weighted by Gasteiger charge is 2.57. The van der Waals surface area contributed by atoms with E-state index >= 15 is 0 Å². The third kappa shape index (κ3) is 4.13. The number of halogens is 5. The van der Waals surface area contributed by atoms with E-state index in [1.165, 1.54) is 5.01 Å². The fraction of sp³-hybridized carbons (Fsp3) is 0.185. The molecule has 0 bridgehead atoms. The summed E-state index contributed by atoms with van der Waals surface area (Å²) in [5.41, 5.74) is 0.479. The Bertz CT molecular complexity index is 1620. The fourth-order valence-corrected chi connectivity index (χ4v) is 5.06. The van der Waals surface area contributed by atoms with Crippen molar-refractivity contribution in [1.29, 1.82) is 0 Å². The summed E-state index contributed by atoms with van der Waals surface area (Å²) in [6.45, 7) is -0.621. The molecule has 0 spiro atoms. The molecule has 14 heteroatoms. The molecule has 3 aliphatic heterocycles. The number of benzene rings is 3. The SMILES string of the molecule is O=C1[C@H]2N=NN(CC(=O)N3N=C(c4ccccc4)C[C@@H]3c3ccccc3)[C@@H]2C(=O)N1c1c(F)c(F)c(F)c(F)c1F. The van der Waals surface area contributed by atoms with Gasteiger partial charge in [0, 0.05) is 6.42 Å². The standard InChI is InChI=1S/C27H17F5N6O3/c28-18-19(29)21(31)24(22(32)20(18)30)37-26(40)23-25(27(37)41)36(35-33-23)12-17(39)38-16(14-9-5-2-6-10-14)11-15(34-38)13-7-3-1-4-8-13/h1-10,16,23,25H,11-12H2/t16-,23+,25+/m1/s1. The molecular weight excluding hydrogens is 551 g/mol. The van der Waals surface area contributed by atoms with Crippen molar-refractivity contribution in [1.82, 2.24) is 10.0 Å². The Labute approximate surface area is 228 Å². The number of hydrogen-bond donors (Lipinski definition) is 0. The summed E-state index contributed by atoms with van der Waals surface area (Å²) >= 11 is 0. The summed E-state index contributed by atoms with van der Waals surface area (Å²) in [6.07, 6.45) is 0.374. The maximum atomic E-state index is 14.5. The number of hydrogen-bond acceptors (Lipinski definition) is 7. The minimum atomic E-state index is -2.44. The van der Waals surface area contributed by atoms with Crippen molar-refractivity contribution in [3.63, 3.8) is 0 Å². The number of carbonyl (C=O) groups excluding carboxylic acids is 3. The first-order valence-electron chi connectivity index (χ1n) is 12.3. The molecule has 1 saturated heterocycles. The summed E-state index contributed by atoms with van der Waals surface area (Å²) in [5, 5.41) is 14.0. The van der Waals surface area contributed by atoms with Crippen molar-refractivity contribution in [3.8, 4) is 0 Å². The van der Waals surface area contributed by atoms with Crippen LogP contribution in [-0.2, 0) is 14.4 Å². The average Bonchev–Trinajstić information content (AvgIpc) is 3.68. The molecule has 3 atom stereocenters. The van der Waals surface area contributed by atoms with Crippen molar-refractivity contribution >= 4 is 29.1 Å². The lowest BCUT2D eigenvalue weighted by molar-refractivity contribution is -0.135. The number of amides is 3. The molecule has 3 heterocycles. The summed E-state index contributed by atoms with van der Waals surface area (Å²) in [6, 6.07) is 14.4. The second-order valence-corrected chi connectivity index (χ2v) is 9.40. The first kappa shape index (κ1) is 26.2. The second-order valence-electron chi connectivity index (χ2n) is 9.40. The van der Waals surface area contributed by atoms with E-state index in [9.17, 15) is 36.3 Å². The highest BCUT2D eigenvalue weighted by molar-refractivity contribution is 6.25. The van der Waals surface area contributed by atoms with E-state index < -0.39 is 77.2 Å². The molecule has 208 valence electrons. The van der Waals surface area contributed by atoms with Gasteiger partial charge in [-0.3, -0.25) is 19.4 Å². The summed E-state index contributed by atoms with van der Waals surface area (Å²) in [7, 11) is 0. The predicted octanol–water partition coefficient (Wildman–Crippen LogP) is 4.05. The molecular formula is C27H17F5N6O3. The van der Waals surface area contributed by atoms with Gasteiger partial charge >= 0.3 is 0 Å². The molecule has 6 rings (SSSR count). The van der Waals surface area contributed by atoms with E-state index in [1.807, 2.05) is 48.5 Å². The van der Waals surface area contributed by atoms with Crippen LogP contribution in [0.5, 0.6) is 0 Å². The number of nitrogens with zero attached hydrogens (tertiary/aromatic N) is 6. The minimum Gasteiger partial charge on any atom is -0.271 e. The van der Waals surface area contributed by atoms with Crippen molar-refractivity contribution in [2.45, 2.75) is 24.5 Å². The van der Waals surface area contributed by atoms with Crippen molar-refractivity contribution in [3.05, 3.63) is 101 Å². The number of fused-ring (bicyclic) bond motifs is 1. The Balaban J connectivity index is 1.29. The molecule has 1 fully saturated rings. The Morgan fingerprint density at radius 1 is 0.805 bits per heavy atom. The molecule has 3 amide bonds. The molecule has 0 unspecified atom stereocenters. The zero-order chi connectivity index (χ0) is 29.0. The van der Waals surface area contributed by atoms with Crippen LogP contribution in [0.3, 0.4) is 0 Å². The number of hydrazone groups is 1. The lowest BCUT2D eigenvalue weighted by atomic mass is 9.98. The molecule has 3 aromatic rings. The molecule has 3 aromatic carbocycles. The normalized spacial score (nSPS) is 21.6. The van der Waals surface area contributed by atoms with Crippen molar-refractivity contribution in [2.24, 2.45) is 15.4 Å². The van der Waals surface area contributed by atoms with E-state index in [2.05, 4.69) is 15.4 Å². The van der Waals surface area contributed by atoms with Crippen LogP contribution in [0.15, 0.2) is 76.1 Å². The van der Waals surface area contributed by atoms with Crippen LogP contribution in [0, 0.1) is 29.1 Å². The number of carbonyl (C=O) groups is 3. The van der Waals surface area contributed by atoms with Crippen molar-refractivity contribution < 1.29 is 36.3 Å². The van der Waals surface area contributed by atoms with Gasteiger partial charge in [-0.2, -0.15) is 10.2 Å². The molecule has 0 aromatic heterocycles. The highest BCUT2D eigenvalue weighted by atomic mass is 19.2. The van der Waals surface area contributed by atoms with E-state index in [0.29, 0.717) is 12.1 Å². The van der Waals surface area contributed by atoms with Gasteiger partial charge in [-0.25, -0.2) is 31.9 Å². The van der Waals surface area contributed by atoms with Crippen LogP contribution in [0.4, 0.5) is 27.6 Å². The predicted molar refractivity (Wildman–Crippen MR) is 131 cm³/mol. The molecule has 0 N–H and O–H groups in total. The van der Waals surface area contributed by atoms with Crippen LogP contribution in [0.1, 0.15) is 23.6 Å². The van der Waals surface area contributed by atoms with Gasteiger partial charge in [-0.05, 0) is 11.1 Å². The third-order valence-corrected chi connectivity index (χ3v) is 7.02. The van der Waals surface area contributed by atoms with E-state index in [-0.39, 0.29) is 4.90 Å². The Hall–Kier alpha value is -5.01. The van der Waals surface area contributed by atoms with Crippen LogP contribution in [0.2, 0.25) is 0 Å². The topological polar surface area (TPSA) is 98.0 Å². The van der Waals surface area contributed by atoms with Gasteiger partial charge in [0.15, 0.2) is 35.4 Å². The van der Waals surface area contributed by atoms with Crippen LogP contribution in [-0.4, -0.2) is 52.1 Å². The zero-order valence-electron chi connectivity index (χ0n) is 20.7. The highest BCUT2D eigenvalue weighted by Crippen LogP contribution is 2.38. The Morgan fingerprint density at radius 3 is 2.02 bits per heavy atom. The van der Waals surface area contributed by atoms with Gasteiger partial charge in [0.1, 0.15) is 12.2 Å². The number of rotatable bonds is 5. The maximum Gasteiger partial charge on any atom is 0.264 e. The van der Waals surface area contributed by atoms with Crippen molar-refractivity contribution in [2.75, 3.05) is 11.4 Å². The van der Waals surface area contributed by atoms with E-state index in [4.69, 9.17) is 0 Å². The summed E-state index contributed by atoms with van der Waals surface area (Å²) in [4.78, 5) is 39.4. The van der Waals surface area contributed by atoms with Gasteiger partial charge in [0.05, 0.1) is 11.8 Å². The van der Waals surface area contributed by atoms with Gasteiger partial charge in [0.2, 0.25) is 5.82 Å². The van der Waals surface area contributed by atoms with E-state index in [0.717, 1.165) is 16.1 Å². The van der Waals surface area contributed by atoms with Crippen LogP contribution < -0.4 is 4.90 Å². The van der Waals surface area contributed by atoms with Crippen LogP contribution >= 0.6 is 0 Å². The quantitative estimate of drug-likeness (QED) is 0.201. The molecule has 41 heavy (non-hydrogen) atoms. The van der Waals surface area contributed by atoms with Gasteiger partial charge in [-0.15, -0.1) is 0 Å².